The number of aryl methyl sites for hydroxylation is 1. The highest BCUT2D eigenvalue weighted by atomic mass is 15.2. The number of nitrogens with two attached hydrogens (primary N) is 1. The Labute approximate surface area is 107 Å². The molecule has 0 saturated carbocycles. The molecule has 2 rings (SSSR count). The third kappa shape index (κ3) is 1.95. The number of hydrogen-bond acceptors (Lipinski definition) is 3. The van der Waals surface area contributed by atoms with Crippen LogP contribution in [-0.4, -0.2) is 9.55 Å². The molecule has 0 spiro atoms. The van der Waals surface area contributed by atoms with Gasteiger partial charge in [0, 0.05) is 11.6 Å². The molecular formula is C14H16N4. The fourth-order valence-electron chi connectivity index (χ4n) is 2.13. The van der Waals surface area contributed by atoms with Crippen molar-refractivity contribution in [2.24, 2.45) is 0 Å². The van der Waals surface area contributed by atoms with Crippen LogP contribution in [0.3, 0.4) is 0 Å². The molecule has 0 aliphatic rings. The summed E-state index contributed by atoms with van der Waals surface area (Å²) in [6.45, 7) is 6.10. The fraction of sp³-hybridized carbons (Fsp3) is 0.286. The van der Waals surface area contributed by atoms with E-state index in [9.17, 15) is 0 Å². The molecule has 2 aromatic rings. The fourth-order valence-corrected chi connectivity index (χ4v) is 2.13. The molecule has 1 aromatic heterocycles. The van der Waals surface area contributed by atoms with Gasteiger partial charge >= 0.3 is 0 Å². The summed E-state index contributed by atoms with van der Waals surface area (Å²) in [4.78, 5) is 4.51. The van der Waals surface area contributed by atoms with Gasteiger partial charge in [-0.1, -0.05) is 12.1 Å². The summed E-state index contributed by atoms with van der Waals surface area (Å²) in [5.74, 6) is 1.58. The largest absolute Gasteiger partial charge is 0.383 e. The second-order valence-corrected chi connectivity index (χ2v) is 4.55. The Morgan fingerprint density at radius 3 is 2.33 bits per heavy atom. The molecule has 92 valence electrons. The molecule has 1 aromatic carbocycles. The van der Waals surface area contributed by atoms with Crippen molar-refractivity contribution in [3.8, 4) is 17.3 Å². The third-order valence-corrected chi connectivity index (χ3v) is 2.93. The average Bonchev–Trinajstić information content (AvgIpc) is 2.65. The Kier molecular flexibility index (Phi) is 3.07. The molecule has 18 heavy (non-hydrogen) atoms. The van der Waals surface area contributed by atoms with E-state index >= 15 is 0 Å². The third-order valence-electron chi connectivity index (χ3n) is 2.93. The van der Waals surface area contributed by atoms with Crippen LogP contribution in [0.15, 0.2) is 24.3 Å². The lowest BCUT2D eigenvalue weighted by Gasteiger charge is -2.11. The first-order valence-electron chi connectivity index (χ1n) is 5.89. The van der Waals surface area contributed by atoms with Crippen LogP contribution in [0.2, 0.25) is 0 Å². The molecule has 0 atom stereocenters. The van der Waals surface area contributed by atoms with Gasteiger partial charge in [0.2, 0.25) is 0 Å². The van der Waals surface area contributed by atoms with E-state index < -0.39 is 0 Å². The summed E-state index contributed by atoms with van der Waals surface area (Å²) in [6.07, 6.45) is 0. The molecule has 4 heteroatoms. The maximum absolute atomic E-state index is 8.78. The predicted octanol–water partition coefficient (Wildman–Crippen LogP) is 2.89. The minimum absolute atomic E-state index is 0.282. The standard InChI is InChI=1S/C14H16N4/c1-9(2)18-10(3)17-13(14(18)16)12-6-4-11(8-15)5-7-12/h4-7,9H,16H2,1-3H3. The van der Waals surface area contributed by atoms with Crippen LogP contribution in [-0.2, 0) is 0 Å². The van der Waals surface area contributed by atoms with Gasteiger partial charge in [0.1, 0.15) is 17.3 Å². The zero-order valence-electron chi connectivity index (χ0n) is 10.8. The summed E-state index contributed by atoms with van der Waals surface area (Å²) in [7, 11) is 0. The molecule has 0 unspecified atom stereocenters. The highest BCUT2D eigenvalue weighted by molar-refractivity contribution is 5.71. The van der Waals surface area contributed by atoms with Gasteiger partial charge in [-0.25, -0.2) is 4.98 Å². The Morgan fingerprint density at radius 2 is 1.89 bits per heavy atom. The van der Waals surface area contributed by atoms with Crippen LogP contribution in [0, 0.1) is 18.3 Å². The first-order valence-corrected chi connectivity index (χ1v) is 5.89. The maximum Gasteiger partial charge on any atom is 0.131 e. The molecule has 0 radical (unpaired) electrons. The van der Waals surface area contributed by atoms with Crippen LogP contribution in [0.4, 0.5) is 5.82 Å². The lowest BCUT2D eigenvalue weighted by atomic mass is 10.1. The van der Waals surface area contributed by atoms with Gasteiger partial charge in [-0.15, -0.1) is 0 Å². The number of nitrogens with zero attached hydrogens (tertiary/aromatic N) is 3. The molecule has 0 fully saturated rings. The normalized spacial score (nSPS) is 10.6. The van der Waals surface area contributed by atoms with Gasteiger partial charge in [-0.05, 0) is 32.9 Å². The van der Waals surface area contributed by atoms with E-state index in [4.69, 9.17) is 11.0 Å². The van der Waals surface area contributed by atoms with Crippen molar-refractivity contribution in [3.63, 3.8) is 0 Å². The van der Waals surface area contributed by atoms with Crippen molar-refractivity contribution in [1.82, 2.24) is 9.55 Å². The van der Waals surface area contributed by atoms with Crippen molar-refractivity contribution < 1.29 is 0 Å². The highest BCUT2D eigenvalue weighted by Gasteiger charge is 2.15. The Morgan fingerprint density at radius 1 is 1.28 bits per heavy atom. The van der Waals surface area contributed by atoms with Crippen LogP contribution in [0.25, 0.3) is 11.3 Å². The second-order valence-electron chi connectivity index (χ2n) is 4.55. The smallest absolute Gasteiger partial charge is 0.131 e. The summed E-state index contributed by atoms with van der Waals surface area (Å²) < 4.78 is 2.01. The second kappa shape index (κ2) is 4.53. The monoisotopic (exact) mass is 240 g/mol. The van der Waals surface area contributed by atoms with Crippen LogP contribution in [0.1, 0.15) is 31.3 Å². The van der Waals surface area contributed by atoms with Crippen molar-refractivity contribution in [3.05, 3.63) is 35.7 Å². The van der Waals surface area contributed by atoms with Gasteiger partial charge in [0.15, 0.2) is 0 Å². The Bertz CT molecular complexity index is 600. The summed E-state index contributed by atoms with van der Waals surface area (Å²) in [6, 6.07) is 9.69. The molecule has 4 nitrogen and oxygen atoms in total. The Hall–Kier alpha value is -2.28. The predicted molar refractivity (Wildman–Crippen MR) is 71.9 cm³/mol. The van der Waals surface area contributed by atoms with E-state index in [0.717, 1.165) is 17.1 Å². The van der Waals surface area contributed by atoms with E-state index in [1.54, 1.807) is 12.1 Å². The Balaban J connectivity index is 2.51. The number of nitrogen functional groups attached to an aromatic ring is 1. The summed E-state index contributed by atoms with van der Waals surface area (Å²) >= 11 is 0. The number of rotatable bonds is 2. The number of imidazole rings is 1. The highest BCUT2D eigenvalue weighted by Crippen LogP contribution is 2.28. The van der Waals surface area contributed by atoms with E-state index in [0.29, 0.717) is 11.4 Å². The zero-order chi connectivity index (χ0) is 13.3. The van der Waals surface area contributed by atoms with E-state index in [-0.39, 0.29) is 6.04 Å². The molecular weight excluding hydrogens is 224 g/mol. The van der Waals surface area contributed by atoms with Crippen LogP contribution in [0.5, 0.6) is 0 Å². The van der Waals surface area contributed by atoms with Gasteiger partial charge in [-0.3, -0.25) is 0 Å². The minimum Gasteiger partial charge on any atom is -0.383 e. The average molecular weight is 240 g/mol. The van der Waals surface area contributed by atoms with Gasteiger partial charge in [-0.2, -0.15) is 5.26 Å². The van der Waals surface area contributed by atoms with Crippen molar-refractivity contribution >= 4 is 5.82 Å². The molecule has 0 bridgehead atoms. The van der Waals surface area contributed by atoms with Gasteiger partial charge < -0.3 is 10.3 Å². The molecule has 0 aliphatic heterocycles. The van der Waals surface area contributed by atoms with Crippen molar-refractivity contribution in [2.75, 3.05) is 5.73 Å². The summed E-state index contributed by atoms with van der Waals surface area (Å²) in [5.41, 5.74) is 8.50. The molecule has 2 N–H and O–H groups in total. The van der Waals surface area contributed by atoms with Gasteiger partial charge in [0.05, 0.1) is 11.6 Å². The zero-order valence-corrected chi connectivity index (χ0v) is 10.8. The van der Waals surface area contributed by atoms with E-state index in [2.05, 4.69) is 24.9 Å². The van der Waals surface area contributed by atoms with E-state index in [1.807, 2.05) is 23.6 Å². The number of anilines is 1. The number of benzene rings is 1. The van der Waals surface area contributed by atoms with Gasteiger partial charge in [0.25, 0.3) is 0 Å². The molecule has 1 heterocycles. The topological polar surface area (TPSA) is 67.6 Å². The van der Waals surface area contributed by atoms with Crippen LogP contribution < -0.4 is 5.73 Å². The maximum atomic E-state index is 8.78. The van der Waals surface area contributed by atoms with Crippen molar-refractivity contribution in [1.29, 1.82) is 5.26 Å². The molecule has 0 aliphatic carbocycles. The van der Waals surface area contributed by atoms with Crippen LogP contribution >= 0.6 is 0 Å². The lowest BCUT2D eigenvalue weighted by molar-refractivity contribution is 0.590. The number of hydrogen-bond donors (Lipinski definition) is 1. The minimum atomic E-state index is 0.282. The number of nitriles is 1. The molecule has 0 saturated heterocycles. The number of aromatic nitrogens is 2. The summed E-state index contributed by atoms with van der Waals surface area (Å²) in [5, 5.41) is 8.78. The lowest BCUT2D eigenvalue weighted by Crippen LogP contribution is -2.07. The van der Waals surface area contributed by atoms with Crippen molar-refractivity contribution in [2.45, 2.75) is 26.8 Å². The first kappa shape index (κ1) is 12.2. The molecule has 0 amide bonds. The van der Waals surface area contributed by atoms with E-state index in [1.165, 1.54) is 0 Å². The SMILES string of the molecule is Cc1nc(-c2ccc(C#N)cc2)c(N)n1C(C)C. The quantitative estimate of drug-likeness (QED) is 0.877. The first-order chi connectivity index (χ1) is 8.54.